The monoisotopic (exact) mass is 283 g/mol. The van der Waals surface area contributed by atoms with Crippen LogP contribution >= 0.6 is 0 Å². The number of nitrogens with zero attached hydrogens (tertiary/aromatic N) is 4. The van der Waals surface area contributed by atoms with Gasteiger partial charge in [-0.2, -0.15) is 5.10 Å². The lowest BCUT2D eigenvalue weighted by molar-refractivity contribution is 0.0691. The van der Waals surface area contributed by atoms with Crippen molar-refractivity contribution >= 4 is 22.6 Å². The first kappa shape index (κ1) is 13.0. The predicted molar refractivity (Wildman–Crippen MR) is 77.0 cm³/mol. The summed E-state index contributed by atoms with van der Waals surface area (Å²) in [6.45, 7) is 0.376. The normalized spacial score (nSPS) is 10.7. The van der Waals surface area contributed by atoms with Crippen molar-refractivity contribution in [3.8, 4) is 0 Å². The van der Waals surface area contributed by atoms with Crippen LogP contribution < -0.4 is 5.32 Å². The maximum atomic E-state index is 11.2. The van der Waals surface area contributed by atoms with Crippen LogP contribution in [0.15, 0.2) is 36.7 Å². The summed E-state index contributed by atoms with van der Waals surface area (Å²) in [6.07, 6.45) is 1.61. The Labute approximate surface area is 120 Å². The van der Waals surface area contributed by atoms with Crippen LogP contribution in [0, 0.1) is 0 Å². The fourth-order valence-electron chi connectivity index (χ4n) is 2.07. The molecule has 1 aromatic carbocycles. The minimum absolute atomic E-state index is 0.00480. The first-order valence-electron chi connectivity index (χ1n) is 6.35. The summed E-state index contributed by atoms with van der Waals surface area (Å²) in [5, 5.41) is 18.1. The van der Waals surface area contributed by atoms with Gasteiger partial charge in [0.15, 0.2) is 11.5 Å². The van der Waals surface area contributed by atoms with Crippen molar-refractivity contribution in [2.24, 2.45) is 7.05 Å². The van der Waals surface area contributed by atoms with E-state index in [1.54, 1.807) is 24.1 Å². The molecule has 0 bridgehead atoms. The fourth-order valence-corrected chi connectivity index (χ4v) is 2.07. The molecule has 7 nitrogen and oxygen atoms in total. The molecule has 0 fully saturated rings. The van der Waals surface area contributed by atoms with Crippen LogP contribution in [-0.2, 0) is 13.6 Å². The average Bonchev–Trinajstić information content (AvgIpc) is 2.90. The molecular formula is C14H13N5O2. The van der Waals surface area contributed by atoms with E-state index in [1.165, 1.54) is 0 Å². The van der Waals surface area contributed by atoms with E-state index in [4.69, 9.17) is 5.11 Å². The van der Waals surface area contributed by atoms with Crippen LogP contribution in [0.5, 0.6) is 0 Å². The number of hydrogen-bond donors (Lipinski definition) is 2. The number of hydrogen-bond acceptors (Lipinski definition) is 5. The number of fused-ring (bicyclic) bond motifs is 1. The van der Waals surface area contributed by atoms with Crippen molar-refractivity contribution in [2.45, 2.75) is 6.54 Å². The Morgan fingerprint density at radius 1 is 1.38 bits per heavy atom. The van der Waals surface area contributed by atoms with Crippen molar-refractivity contribution in [1.82, 2.24) is 19.7 Å². The highest BCUT2D eigenvalue weighted by molar-refractivity contribution is 5.97. The van der Waals surface area contributed by atoms with Crippen LogP contribution in [0.3, 0.4) is 0 Å². The van der Waals surface area contributed by atoms with Gasteiger partial charge in [-0.05, 0) is 11.5 Å². The van der Waals surface area contributed by atoms with E-state index in [-0.39, 0.29) is 5.69 Å². The Bertz CT molecular complexity index is 812. The molecule has 0 aliphatic carbocycles. The number of nitrogens with one attached hydrogen (secondary N) is 1. The largest absolute Gasteiger partial charge is 0.477 e. The number of aryl methyl sites for hydroxylation is 1. The third kappa shape index (κ3) is 2.66. The average molecular weight is 283 g/mol. The molecule has 0 radical (unpaired) electrons. The topological polar surface area (TPSA) is 92.9 Å². The summed E-state index contributed by atoms with van der Waals surface area (Å²) in [6, 6.07) is 9.05. The van der Waals surface area contributed by atoms with E-state index < -0.39 is 5.97 Å². The second kappa shape index (κ2) is 5.20. The molecule has 0 aliphatic heterocycles. The van der Waals surface area contributed by atoms with E-state index >= 15 is 0 Å². The Morgan fingerprint density at radius 3 is 2.90 bits per heavy atom. The highest BCUT2D eigenvalue weighted by Crippen LogP contribution is 2.22. The molecule has 2 heterocycles. The maximum absolute atomic E-state index is 11.2. The highest BCUT2D eigenvalue weighted by atomic mass is 16.4. The molecule has 0 unspecified atom stereocenters. The Balaban J connectivity index is 1.97. The summed E-state index contributed by atoms with van der Waals surface area (Å²) < 4.78 is 1.61. The van der Waals surface area contributed by atoms with Gasteiger partial charge < -0.3 is 10.4 Å². The number of benzene rings is 1. The summed E-state index contributed by atoms with van der Waals surface area (Å²) in [4.78, 5) is 19.4. The number of rotatable bonds is 4. The second-order valence-corrected chi connectivity index (χ2v) is 4.57. The fraction of sp³-hybridized carbons (Fsp3) is 0.143. The van der Waals surface area contributed by atoms with E-state index in [0.717, 1.165) is 10.8 Å². The molecule has 0 saturated carbocycles. The zero-order valence-corrected chi connectivity index (χ0v) is 11.3. The molecule has 3 aromatic rings. The van der Waals surface area contributed by atoms with Crippen LogP contribution in [0.2, 0.25) is 0 Å². The minimum atomic E-state index is -1.06. The molecular weight excluding hydrogens is 270 g/mol. The number of carbonyl (C=O) groups is 1. The molecule has 21 heavy (non-hydrogen) atoms. The van der Waals surface area contributed by atoms with Gasteiger partial charge in [0, 0.05) is 12.4 Å². The van der Waals surface area contributed by atoms with Crippen molar-refractivity contribution in [3.05, 3.63) is 48.2 Å². The molecule has 7 heteroatoms. The smallest absolute Gasteiger partial charge is 0.354 e. The van der Waals surface area contributed by atoms with Gasteiger partial charge in [0.05, 0.1) is 6.54 Å². The standard InChI is InChI=1S/C14H13N5O2/c1-19-8-16-12(18-19)7-15-13-10-5-3-2-4-9(10)6-11(17-13)14(20)21/h2-6,8H,7H2,1H3,(H,15,17)(H,20,21). The van der Waals surface area contributed by atoms with Gasteiger partial charge in [-0.15, -0.1) is 0 Å². The quantitative estimate of drug-likeness (QED) is 0.756. The van der Waals surface area contributed by atoms with Crippen molar-refractivity contribution in [3.63, 3.8) is 0 Å². The third-order valence-corrected chi connectivity index (χ3v) is 3.02. The summed E-state index contributed by atoms with van der Waals surface area (Å²) in [5.74, 6) is 0.0711. The van der Waals surface area contributed by atoms with E-state index in [9.17, 15) is 4.79 Å². The van der Waals surface area contributed by atoms with Gasteiger partial charge in [0.1, 0.15) is 12.1 Å². The van der Waals surface area contributed by atoms with Gasteiger partial charge in [-0.1, -0.05) is 24.3 Å². The molecule has 0 spiro atoms. The maximum Gasteiger partial charge on any atom is 0.354 e. The molecule has 2 N–H and O–H groups in total. The van der Waals surface area contributed by atoms with E-state index in [0.29, 0.717) is 18.2 Å². The number of aromatic carboxylic acids is 1. The molecule has 0 amide bonds. The van der Waals surface area contributed by atoms with Crippen LogP contribution in [0.1, 0.15) is 16.3 Å². The van der Waals surface area contributed by atoms with Crippen LogP contribution in [0.4, 0.5) is 5.82 Å². The zero-order valence-electron chi connectivity index (χ0n) is 11.3. The van der Waals surface area contributed by atoms with Crippen molar-refractivity contribution < 1.29 is 9.90 Å². The number of carboxylic acid groups (broad SMARTS) is 1. The first-order valence-corrected chi connectivity index (χ1v) is 6.35. The van der Waals surface area contributed by atoms with Crippen molar-refractivity contribution in [1.29, 1.82) is 0 Å². The van der Waals surface area contributed by atoms with Crippen LogP contribution in [-0.4, -0.2) is 30.8 Å². The number of carboxylic acids is 1. The molecule has 0 aliphatic rings. The van der Waals surface area contributed by atoms with Gasteiger partial charge in [0.25, 0.3) is 0 Å². The molecule has 106 valence electrons. The van der Waals surface area contributed by atoms with Gasteiger partial charge >= 0.3 is 5.97 Å². The predicted octanol–water partition coefficient (Wildman–Crippen LogP) is 1.67. The van der Waals surface area contributed by atoms with Gasteiger partial charge in [0.2, 0.25) is 0 Å². The third-order valence-electron chi connectivity index (χ3n) is 3.02. The second-order valence-electron chi connectivity index (χ2n) is 4.57. The Hall–Kier alpha value is -2.96. The summed E-state index contributed by atoms with van der Waals surface area (Å²) >= 11 is 0. The molecule has 0 atom stereocenters. The molecule has 0 saturated heterocycles. The highest BCUT2D eigenvalue weighted by Gasteiger charge is 2.11. The zero-order chi connectivity index (χ0) is 14.8. The van der Waals surface area contributed by atoms with Crippen LogP contribution in [0.25, 0.3) is 10.8 Å². The summed E-state index contributed by atoms with van der Waals surface area (Å²) in [7, 11) is 1.79. The SMILES string of the molecule is Cn1cnc(CNc2nc(C(=O)O)cc3ccccc23)n1. The molecule has 2 aromatic heterocycles. The number of aromatic nitrogens is 4. The van der Waals surface area contributed by atoms with Gasteiger partial charge in [-0.25, -0.2) is 14.8 Å². The number of pyridine rings is 1. The van der Waals surface area contributed by atoms with E-state index in [1.807, 2.05) is 24.3 Å². The minimum Gasteiger partial charge on any atom is -0.477 e. The lowest BCUT2D eigenvalue weighted by Crippen LogP contribution is -2.08. The van der Waals surface area contributed by atoms with Gasteiger partial charge in [-0.3, -0.25) is 4.68 Å². The first-order chi connectivity index (χ1) is 10.1. The lowest BCUT2D eigenvalue weighted by Gasteiger charge is -2.08. The Morgan fingerprint density at radius 2 is 2.19 bits per heavy atom. The number of anilines is 1. The molecule has 3 rings (SSSR count). The Kier molecular flexibility index (Phi) is 3.23. The van der Waals surface area contributed by atoms with E-state index in [2.05, 4.69) is 20.4 Å². The lowest BCUT2D eigenvalue weighted by atomic mass is 10.1. The van der Waals surface area contributed by atoms with Crippen molar-refractivity contribution in [2.75, 3.05) is 5.32 Å². The summed E-state index contributed by atoms with van der Waals surface area (Å²) in [5.41, 5.74) is 0.00480.